The summed E-state index contributed by atoms with van der Waals surface area (Å²) in [4.78, 5) is 28.2. The van der Waals surface area contributed by atoms with E-state index in [0.29, 0.717) is 25.8 Å². The molecule has 0 heterocycles. The molecule has 2 aromatic carbocycles. The number of amides is 2. The first kappa shape index (κ1) is 28.8. The summed E-state index contributed by atoms with van der Waals surface area (Å²) in [6.45, 7) is 1.09. The van der Waals surface area contributed by atoms with Crippen LogP contribution in [0.2, 0.25) is 10.0 Å². The van der Waals surface area contributed by atoms with Crippen molar-refractivity contribution in [3.63, 3.8) is 0 Å². The predicted molar refractivity (Wildman–Crippen MR) is 148 cm³/mol. The van der Waals surface area contributed by atoms with Crippen LogP contribution in [0.3, 0.4) is 0 Å². The van der Waals surface area contributed by atoms with Gasteiger partial charge in [-0.3, -0.25) is 13.9 Å². The molecular formula is C25H30BrCl2N3O4S. The van der Waals surface area contributed by atoms with Crippen molar-refractivity contribution >= 4 is 66.7 Å². The second-order valence-corrected chi connectivity index (χ2v) is 12.6. The number of sulfonamides is 1. The van der Waals surface area contributed by atoms with Crippen LogP contribution in [0.5, 0.6) is 0 Å². The van der Waals surface area contributed by atoms with E-state index in [2.05, 4.69) is 21.2 Å². The third-order valence-electron chi connectivity index (χ3n) is 6.28. The van der Waals surface area contributed by atoms with Crippen LogP contribution in [0, 0.1) is 0 Å². The first-order valence-electron chi connectivity index (χ1n) is 11.7. The first-order chi connectivity index (χ1) is 17.0. The largest absolute Gasteiger partial charge is 0.352 e. The number of benzene rings is 2. The summed E-state index contributed by atoms with van der Waals surface area (Å²) in [6, 6.07) is 10.8. The number of hydrogen-bond acceptors (Lipinski definition) is 4. The maximum absolute atomic E-state index is 13.7. The number of anilines is 1. The van der Waals surface area contributed by atoms with Gasteiger partial charge in [0.15, 0.2) is 0 Å². The van der Waals surface area contributed by atoms with E-state index in [1.165, 1.54) is 4.90 Å². The van der Waals surface area contributed by atoms with E-state index in [-0.39, 0.29) is 18.5 Å². The summed E-state index contributed by atoms with van der Waals surface area (Å²) in [5.41, 5.74) is 0.815. The number of nitrogens with zero attached hydrogens (tertiary/aromatic N) is 2. The molecule has 1 fully saturated rings. The Morgan fingerprint density at radius 1 is 1.08 bits per heavy atom. The summed E-state index contributed by atoms with van der Waals surface area (Å²) in [7, 11) is -3.81. The Kier molecular flexibility index (Phi) is 10.1. The third-order valence-corrected chi connectivity index (χ3v) is 8.63. The summed E-state index contributed by atoms with van der Waals surface area (Å²) in [5, 5.41) is 3.76. The summed E-state index contributed by atoms with van der Waals surface area (Å²) >= 11 is 16.1. The topological polar surface area (TPSA) is 86.8 Å². The lowest BCUT2D eigenvalue weighted by Gasteiger charge is -2.33. The van der Waals surface area contributed by atoms with Gasteiger partial charge in [0.25, 0.3) is 0 Å². The highest BCUT2D eigenvalue weighted by atomic mass is 79.9. The Balaban J connectivity index is 1.91. The van der Waals surface area contributed by atoms with Crippen LogP contribution in [-0.4, -0.2) is 50.0 Å². The highest BCUT2D eigenvalue weighted by Gasteiger charge is 2.32. The van der Waals surface area contributed by atoms with Crippen molar-refractivity contribution in [3.8, 4) is 0 Å². The first-order valence-corrected chi connectivity index (χ1v) is 15.1. The summed E-state index contributed by atoms with van der Waals surface area (Å²) < 4.78 is 27.0. The van der Waals surface area contributed by atoms with E-state index in [9.17, 15) is 18.0 Å². The second-order valence-electron chi connectivity index (χ2n) is 8.99. The van der Waals surface area contributed by atoms with Crippen LogP contribution in [-0.2, 0) is 26.2 Å². The molecule has 0 saturated heterocycles. The molecule has 7 nitrogen and oxygen atoms in total. The molecule has 0 aromatic heterocycles. The standard InChI is InChI=1S/C25H30BrCl2N3O4S/c1-17(25(33)29-19-9-4-3-5-10-19)30(15-21-22(27)12-7-13-23(21)28)24(32)16-31(36(2,34)35)20-11-6-8-18(26)14-20/h6-8,11-14,17,19H,3-5,9-10,15-16H2,1-2H3,(H,29,33)/t17-/m1/s1. The zero-order valence-corrected chi connectivity index (χ0v) is 24.1. The highest BCUT2D eigenvalue weighted by molar-refractivity contribution is 9.10. The van der Waals surface area contributed by atoms with Gasteiger partial charge in [0.05, 0.1) is 11.9 Å². The van der Waals surface area contributed by atoms with Crippen LogP contribution in [0.15, 0.2) is 46.9 Å². The highest BCUT2D eigenvalue weighted by Crippen LogP contribution is 2.28. The van der Waals surface area contributed by atoms with Crippen LogP contribution in [0.25, 0.3) is 0 Å². The quantitative estimate of drug-likeness (QED) is 0.408. The van der Waals surface area contributed by atoms with Gasteiger partial charge in [-0.15, -0.1) is 0 Å². The average molecular weight is 619 g/mol. The zero-order valence-electron chi connectivity index (χ0n) is 20.2. The van der Waals surface area contributed by atoms with Gasteiger partial charge in [-0.25, -0.2) is 8.42 Å². The van der Waals surface area contributed by atoms with Crippen LogP contribution in [0.4, 0.5) is 5.69 Å². The number of hydrogen-bond donors (Lipinski definition) is 1. The molecule has 1 saturated carbocycles. The van der Waals surface area contributed by atoms with E-state index >= 15 is 0 Å². The predicted octanol–water partition coefficient (Wildman–Crippen LogP) is 5.39. The number of halogens is 3. The van der Waals surface area contributed by atoms with E-state index < -0.39 is 28.5 Å². The lowest BCUT2D eigenvalue weighted by molar-refractivity contribution is -0.139. The van der Waals surface area contributed by atoms with E-state index in [0.717, 1.165) is 42.7 Å². The molecule has 3 rings (SSSR count). The van der Waals surface area contributed by atoms with E-state index in [4.69, 9.17) is 23.2 Å². The molecule has 0 aliphatic heterocycles. The van der Waals surface area contributed by atoms with Crippen LogP contribution in [0.1, 0.15) is 44.6 Å². The fraction of sp³-hybridized carbons (Fsp3) is 0.440. The molecular weight excluding hydrogens is 589 g/mol. The second kappa shape index (κ2) is 12.6. The normalized spacial score (nSPS) is 15.2. The lowest BCUT2D eigenvalue weighted by atomic mass is 9.95. The van der Waals surface area contributed by atoms with E-state index in [1.54, 1.807) is 49.4 Å². The SMILES string of the molecule is C[C@H](C(=O)NC1CCCCC1)N(Cc1c(Cl)cccc1Cl)C(=O)CN(c1cccc(Br)c1)S(C)(=O)=O. The van der Waals surface area contributed by atoms with Crippen molar-refractivity contribution in [3.05, 3.63) is 62.5 Å². The monoisotopic (exact) mass is 617 g/mol. The molecule has 0 bridgehead atoms. The van der Waals surface area contributed by atoms with Crippen molar-refractivity contribution < 1.29 is 18.0 Å². The maximum atomic E-state index is 13.7. The number of carbonyl (C=O) groups excluding carboxylic acids is 2. The Labute approximate surface area is 231 Å². The molecule has 1 aliphatic rings. The Morgan fingerprint density at radius 2 is 1.69 bits per heavy atom. The summed E-state index contributed by atoms with van der Waals surface area (Å²) in [6.07, 6.45) is 6.07. The van der Waals surface area contributed by atoms with Gasteiger partial charge in [-0.1, -0.05) is 70.5 Å². The fourth-order valence-electron chi connectivity index (χ4n) is 4.25. The third kappa shape index (κ3) is 7.60. The minimum Gasteiger partial charge on any atom is -0.352 e. The van der Waals surface area contributed by atoms with Crippen molar-refractivity contribution in [1.82, 2.24) is 10.2 Å². The zero-order chi connectivity index (χ0) is 26.5. The lowest BCUT2D eigenvalue weighted by Crippen LogP contribution is -2.53. The molecule has 0 radical (unpaired) electrons. The van der Waals surface area contributed by atoms with Gasteiger partial charge in [0.2, 0.25) is 21.8 Å². The van der Waals surface area contributed by atoms with Gasteiger partial charge in [-0.05, 0) is 50.1 Å². The molecule has 2 aromatic rings. The minimum absolute atomic E-state index is 0.0489. The molecule has 1 N–H and O–H groups in total. The van der Waals surface area contributed by atoms with Gasteiger partial charge in [0.1, 0.15) is 12.6 Å². The maximum Gasteiger partial charge on any atom is 0.244 e. The number of nitrogens with one attached hydrogen (secondary N) is 1. The minimum atomic E-state index is -3.81. The van der Waals surface area contributed by atoms with Crippen molar-refractivity contribution in [2.75, 3.05) is 17.1 Å². The Hall–Kier alpha value is -1.81. The molecule has 0 spiro atoms. The van der Waals surface area contributed by atoms with E-state index in [1.807, 2.05) is 0 Å². The average Bonchev–Trinajstić information content (AvgIpc) is 2.81. The number of rotatable bonds is 9. The molecule has 196 valence electrons. The van der Waals surface area contributed by atoms with Crippen molar-refractivity contribution in [2.45, 2.75) is 57.7 Å². The molecule has 1 aliphatic carbocycles. The van der Waals surface area contributed by atoms with Crippen molar-refractivity contribution in [1.29, 1.82) is 0 Å². The Morgan fingerprint density at radius 3 is 2.28 bits per heavy atom. The molecule has 11 heteroatoms. The molecule has 2 amide bonds. The van der Waals surface area contributed by atoms with Crippen LogP contribution >= 0.6 is 39.1 Å². The van der Waals surface area contributed by atoms with Crippen LogP contribution < -0.4 is 9.62 Å². The van der Waals surface area contributed by atoms with Gasteiger partial charge < -0.3 is 10.2 Å². The molecule has 1 atom stereocenters. The van der Waals surface area contributed by atoms with Crippen molar-refractivity contribution in [2.24, 2.45) is 0 Å². The Bertz CT molecular complexity index is 1190. The van der Waals surface area contributed by atoms with Gasteiger partial charge in [-0.2, -0.15) is 0 Å². The van der Waals surface area contributed by atoms with Gasteiger partial charge in [0, 0.05) is 32.7 Å². The summed E-state index contributed by atoms with van der Waals surface area (Å²) in [5.74, 6) is -0.852. The fourth-order valence-corrected chi connectivity index (χ4v) is 6.00. The smallest absolute Gasteiger partial charge is 0.244 e. The molecule has 36 heavy (non-hydrogen) atoms. The number of carbonyl (C=O) groups is 2. The van der Waals surface area contributed by atoms with Gasteiger partial charge >= 0.3 is 0 Å². The molecule has 0 unspecified atom stereocenters.